The molecule has 0 saturated carbocycles. The van der Waals surface area contributed by atoms with Crippen LogP contribution in [0.25, 0.3) is 0 Å². The molecule has 0 spiro atoms. The van der Waals surface area contributed by atoms with E-state index < -0.39 is 11.6 Å². The lowest BCUT2D eigenvalue weighted by molar-refractivity contribution is 0.299. The number of rotatable bonds is 4. The number of ether oxygens (including phenoxy) is 1. The van der Waals surface area contributed by atoms with Crippen LogP contribution in [0.2, 0.25) is 5.02 Å². The van der Waals surface area contributed by atoms with Crippen molar-refractivity contribution in [1.82, 2.24) is 0 Å². The van der Waals surface area contributed by atoms with Crippen LogP contribution in [0.3, 0.4) is 0 Å². The molecule has 6 heteroatoms. The maximum Gasteiger partial charge on any atom is 0.132 e. The number of nitrogens with one attached hydrogen (secondary N) is 1. The van der Waals surface area contributed by atoms with Gasteiger partial charge in [-0.3, -0.25) is 5.41 Å². The maximum absolute atomic E-state index is 13.4. The van der Waals surface area contributed by atoms with Gasteiger partial charge in [0.15, 0.2) is 0 Å². The third-order valence-electron chi connectivity index (χ3n) is 2.64. The molecule has 2 aromatic carbocycles. The first-order chi connectivity index (χ1) is 9.47. The molecule has 0 aliphatic carbocycles. The number of nitrogen functional groups attached to an aromatic ring is 1. The standard InChI is InChI=1S/C14H11ClF2N2O/c15-12-6-10(3-4-11(12)14(18)19)20-7-8-1-2-9(16)5-13(8)17/h1-6H,7H2,(H3,18,19). The summed E-state index contributed by atoms with van der Waals surface area (Å²) in [6, 6.07) is 7.87. The largest absolute Gasteiger partial charge is 0.489 e. The van der Waals surface area contributed by atoms with E-state index in [4.69, 9.17) is 27.5 Å². The van der Waals surface area contributed by atoms with Crippen molar-refractivity contribution in [3.8, 4) is 5.75 Å². The fraction of sp³-hybridized carbons (Fsp3) is 0.0714. The normalized spacial score (nSPS) is 10.3. The van der Waals surface area contributed by atoms with Crippen molar-refractivity contribution < 1.29 is 13.5 Å². The molecule has 0 bridgehead atoms. The first-order valence-corrected chi connectivity index (χ1v) is 6.06. The molecule has 0 amide bonds. The van der Waals surface area contributed by atoms with Crippen molar-refractivity contribution in [2.75, 3.05) is 0 Å². The Morgan fingerprint density at radius 2 is 1.95 bits per heavy atom. The Labute approximate surface area is 119 Å². The van der Waals surface area contributed by atoms with Crippen LogP contribution in [0.5, 0.6) is 5.75 Å². The second kappa shape index (κ2) is 5.88. The van der Waals surface area contributed by atoms with Crippen LogP contribution in [0.4, 0.5) is 8.78 Å². The van der Waals surface area contributed by atoms with Crippen molar-refractivity contribution in [2.45, 2.75) is 6.61 Å². The van der Waals surface area contributed by atoms with Gasteiger partial charge in [0.2, 0.25) is 0 Å². The highest BCUT2D eigenvalue weighted by Crippen LogP contribution is 2.23. The van der Waals surface area contributed by atoms with Gasteiger partial charge < -0.3 is 10.5 Å². The topological polar surface area (TPSA) is 59.1 Å². The molecule has 0 heterocycles. The maximum atomic E-state index is 13.4. The van der Waals surface area contributed by atoms with E-state index in [9.17, 15) is 8.78 Å². The van der Waals surface area contributed by atoms with E-state index in [1.807, 2.05) is 0 Å². The Morgan fingerprint density at radius 1 is 1.20 bits per heavy atom. The summed E-state index contributed by atoms with van der Waals surface area (Å²) in [4.78, 5) is 0. The summed E-state index contributed by atoms with van der Waals surface area (Å²) in [7, 11) is 0. The molecular formula is C14H11ClF2N2O. The molecule has 3 nitrogen and oxygen atoms in total. The molecule has 104 valence electrons. The van der Waals surface area contributed by atoms with E-state index in [-0.39, 0.29) is 23.0 Å². The fourth-order valence-electron chi connectivity index (χ4n) is 1.60. The third kappa shape index (κ3) is 3.24. The van der Waals surface area contributed by atoms with E-state index in [1.54, 1.807) is 12.1 Å². The molecule has 20 heavy (non-hydrogen) atoms. The van der Waals surface area contributed by atoms with E-state index in [0.717, 1.165) is 12.1 Å². The SMILES string of the molecule is N=C(N)c1ccc(OCc2ccc(F)cc2F)cc1Cl. The summed E-state index contributed by atoms with van der Waals surface area (Å²) >= 11 is 5.93. The van der Waals surface area contributed by atoms with Gasteiger partial charge in [-0.1, -0.05) is 11.6 Å². The van der Waals surface area contributed by atoms with Crippen LogP contribution >= 0.6 is 11.6 Å². The van der Waals surface area contributed by atoms with E-state index in [1.165, 1.54) is 12.1 Å². The van der Waals surface area contributed by atoms with Crippen molar-refractivity contribution in [2.24, 2.45) is 5.73 Å². The Kier molecular flexibility index (Phi) is 4.20. The van der Waals surface area contributed by atoms with Crippen LogP contribution in [-0.2, 0) is 6.61 Å². The number of amidine groups is 1. The highest BCUT2D eigenvalue weighted by molar-refractivity contribution is 6.34. The lowest BCUT2D eigenvalue weighted by Gasteiger charge is -2.09. The summed E-state index contributed by atoms with van der Waals surface area (Å²) in [6.45, 7) is -0.0537. The number of halogens is 3. The molecule has 0 radical (unpaired) electrons. The van der Waals surface area contributed by atoms with Crippen molar-refractivity contribution >= 4 is 17.4 Å². The minimum atomic E-state index is -0.670. The van der Waals surface area contributed by atoms with Gasteiger partial charge in [0.05, 0.1) is 5.02 Å². The zero-order valence-corrected chi connectivity index (χ0v) is 11.0. The van der Waals surface area contributed by atoms with E-state index >= 15 is 0 Å². The molecule has 0 saturated heterocycles. The Hall–Kier alpha value is -2.14. The molecular weight excluding hydrogens is 286 g/mol. The van der Waals surface area contributed by atoms with Crippen LogP contribution in [0.15, 0.2) is 36.4 Å². The lowest BCUT2D eigenvalue weighted by Crippen LogP contribution is -2.11. The average Bonchev–Trinajstić information content (AvgIpc) is 2.37. The van der Waals surface area contributed by atoms with Crippen LogP contribution in [0.1, 0.15) is 11.1 Å². The van der Waals surface area contributed by atoms with Crippen molar-refractivity contribution in [3.63, 3.8) is 0 Å². The third-order valence-corrected chi connectivity index (χ3v) is 2.95. The molecule has 0 aliphatic rings. The summed E-state index contributed by atoms with van der Waals surface area (Å²) in [6.07, 6.45) is 0. The first kappa shape index (κ1) is 14.3. The quantitative estimate of drug-likeness (QED) is 0.670. The smallest absolute Gasteiger partial charge is 0.132 e. The minimum absolute atomic E-state index is 0.0537. The lowest BCUT2D eigenvalue weighted by atomic mass is 10.2. The predicted molar refractivity (Wildman–Crippen MR) is 73.2 cm³/mol. The number of nitrogens with two attached hydrogens (primary N) is 1. The highest BCUT2D eigenvalue weighted by Gasteiger charge is 2.07. The van der Waals surface area contributed by atoms with Crippen molar-refractivity contribution in [3.05, 3.63) is 64.2 Å². The van der Waals surface area contributed by atoms with Gasteiger partial charge >= 0.3 is 0 Å². The van der Waals surface area contributed by atoms with E-state index in [2.05, 4.69) is 0 Å². The summed E-state index contributed by atoms with van der Waals surface area (Å²) in [5.74, 6) is -1.05. The summed E-state index contributed by atoms with van der Waals surface area (Å²) in [5.41, 5.74) is 5.97. The van der Waals surface area contributed by atoms with Gasteiger partial charge in [-0.05, 0) is 30.3 Å². The second-order valence-corrected chi connectivity index (χ2v) is 4.49. The monoisotopic (exact) mass is 296 g/mol. The minimum Gasteiger partial charge on any atom is -0.489 e. The van der Waals surface area contributed by atoms with Crippen molar-refractivity contribution in [1.29, 1.82) is 5.41 Å². The van der Waals surface area contributed by atoms with Crippen LogP contribution in [-0.4, -0.2) is 5.84 Å². The van der Waals surface area contributed by atoms with Gasteiger partial charge in [-0.2, -0.15) is 0 Å². The fourth-order valence-corrected chi connectivity index (χ4v) is 1.88. The average molecular weight is 297 g/mol. The second-order valence-electron chi connectivity index (χ2n) is 4.08. The number of hydrogen-bond acceptors (Lipinski definition) is 2. The number of hydrogen-bond donors (Lipinski definition) is 2. The van der Waals surface area contributed by atoms with Gasteiger partial charge in [0, 0.05) is 17.2 Å². The van der Waals surface area contributed by atoms with Gasteiger partial charge in [0.25, 0.3) is 0 Å². The van der Waals surface area contributed by atoms with Crippen LogP contribution in [0, 0.1) is 17.0 Å². The Bertz CT molecular complexity index is 662. The molecule has 0 unspecified atom stereocenters. The highest BCUT2D eigenvalue weighted by atomic mass is 35.5. The molecule has 0 atom stereocenters. The first-order valence-electron chi connectivity index (χ1n) is 5.68. The molecule has 2 aromatic rings. The van der Waals surface area contributed by atoms with Gasteiger partial charge in [-0.15, -0.1) is 0 Å². The number of benzene rings is 2. The summed E-state index contributed by atoms with van der Waals surface area (Å²) in [5, 5.41) is 7.57. The molecule has 0 aromatic heterocycles. The Morgan fingerprint density at radius 3 is 2.55 bits per heavy atom. The predicted octanol–water partition coefficient (Wildman–Crippen LogP) is 3.48. The zero-order chi connectivity index (χ0) is 14.7. The summed E-state index contributed by atoms with van der Waals surface area (Å²) < 4.78 is 31.5. The molecule has 3 N–H and O–H groups in total. The Balaban J connectivity index is 2.11. The van der Waals surface area contributed by atoms with Gasteiger partial charge in [0.1, 0.15) is 29.8 Å². The van der Waals surface area contributed by atoms with E-state index in [0.29, 0.717) is 11.3 Å². The van der Waals surface area contributed by atoms with Gasteiger partial charge in [-0.25, -0.2) is 8.78 Å². The zero-order valence-electron chi connectivity index (χ0n) is 10.3. The molecule has 2 rings (SSSR count). The molecule has 0 fully saturated rings. The molecule has 0 aliphatic heterocycles. The van der Waals surface area contributed by atoms with Crippen LogP contribution < -0.4 is 10.5 Å².